The van der Waals surface area contributed by atoms with Crippen LogP contribution in [-0.4, -0.2) is 98.0 Å². The van der Waals surface area contributed by atoms with Crippen molar-refractivity contribution < 1.29 is 23.0 Å². The van der Waals surface area contributed by atoms with E-state index in [0.29, 0.717) is 53.8 Å². The molecule has 0 unspecified atom stereocenters. The fourth-order valence-electron chi connectivity index (χ4n) is 8.39. The lowest BCUT2D eigenvalue weighted by atomic mass is 9.95. The predicted molar refractivity (Wildman–Crippen MR) is 182 cm³/mol. The Morgan fingerprint density at radius 1 is 1.12 bits per heavy atom. The van der Waals surface area contributed by atoms with E-state index in [1.54, 1.807) is 24.7 Å². The average Bonchev–Trinajstić information content (AvgIpc) is 3.69. The molecular formula is C37H39F2N7O3. The van der Waals surface area contributed by atoms with Crippen molar-refractivity contribution >= 4 is 33.6 Å². The van der Waals surface area contributed by atoms with Crippen molar-refractivity contribution in [2.45, 2.75) is 82.3 Å². The zero-order chi connectivity index (χ0) is 34.1. The Hall–Kier alpha value is -4.63. The van der Waals surface area contributed by atoms with Gasteiger partial charge in [0, 0.05) is 66.5 Å². The van der Waals surface area contributed by atoms with Gasteiger partial charge in [0.2, 0.25) is 0 Å². The summed E-state index contributed by atoms with van der Waals surface area (Å²) < 4.78 is 43.5. The lowest BCUT2D eigenvalue weighted by Gasteiger charge is -2.42. The van der Waals surface area contributed by atoms with Crippen LogP contribution >= 0.6 is 0 Å². The monoisotopic (exact) mass is 667 g/mol. The molecular weight excluding hydrogens is 628 g/mol. The second kappa shape index (κ2) is 11.8. The van der Waals surface area contributed by atoms with E-state index in [0.717, 1.165) is 37.6 Å². The van der Waals surface area contributed by atoms with Crippen molar-refractivity contribution in [1.82, 2.24) is 29.7 Å². The molecule has 1 amide bonds. The number of alkyl halides is 1. The van der Waals surface area contributed by atoms with Crippen molar-refractivity contribution in [3.05, 3.63) is 48.2 Å². The highest BCUT2D eigenvalue weighted by atomic mass is 19.1. The molecule has 4 aliphatic heterocycles. The van der Waals surface area contributed by atoms with Crippen LogP contribution in [0.3, 0.4) is 0 Å². The van der Waals surface area contributed by atoms with E-state index in [4.69, 9.17) is 20.9 Å². The third kappa shape index (κ3) is 5.48. The number of carbonyl (C=O) groups excluding carboxylic acids is 1. The van der Waals surface area contributed by atoms with Crippen molar-refractivity contribution in [1.29, 1.82) is 0 Å². The van der Waals surface area contributed by atoms with E-state index >= 15 is 4.39 Å². The molecule has 1 aromatic carbocycles. The number of rotatable bonds is 5. The van der Waals surface area contributed by atoms with Crippen molar-refractivity contribution in [3.8, 4) is 29.6 Å². The molecule has 0 aliphatic carbocycles. The van der Waals surface area contributed by atoms with Crippen LogP contribution in [-0.2, 0) is 4.74 Å². The molecule has 12 heteroatoms. The third-order valence-corrected chi connectivity index (χ3v) is 10.5. The Kier molecular flexibility index (Phi) is 7.59. The molecule has 0 spiro atoms. The van der Waals surface area contributed by atoms with Gasteiger partial charge in [-0.3, -0.25) is 19.8 Å². The fraction of sp³-hybridized carbons (Fsp3) is 0.486. The normalized spacial score (nSPS) is 25.2. The lowest BCUT2D eigenvalue weighted by molar-refractivity contribution is 0.0122. The highest BCUT2D eigenvalue weighted by molar-refractivity contribution is 6.01. The number of ether oxygens (including phenoxy) is 2. The minimum Gasteiger partial charge on any atom is -0.461 e. The smallest absolute Gasteiger partial charge is 0.410 e. The number of hydrogen-bond donors (Lipinski definition) is 0. The summed E-state index contributed by atoms with van der Waals surface area (Å²) in [7, 11) is 0. The second-order valence-electron chi connectivity index (χ2n) is 14.8. The first-order chi connectivity index (χ1) is 23.5. The number of nitrogens with zero attached hydrogens (tertiary/aromatic N) is 7. The number of halogens is 2. The predicted octanol–water partition coefficient (Wildman–Crippen LogP) is 5.90. The Balaban J connectivity index is 1.21. The van der Waals surface area contributed by atoms with Crippen molar-refractivity contribution in [2.24, 2.45) is 0 Å². The molecule has 2 bridgehead atoms. The fourth-order valence-corrected chi connectivity index (χ4v) is 8.39. The van der Waals surface area contributed by atoms with Crippen LogP contribution in [0.25, 0.3) is 32.9 Å². The van der Waals surface area contributed by atoms with Crippen LogP contribution in [0.2, 0.25) is 0 Å². The van der Waals surface area contributed by atoms with Gasteiger partial charge < -0.3 is 14.4 Å². The molecule has 254 valence electrons. The molecule has 4 saturated heterocycles. The Labute approximate surface area is 283 Å². The SMILES string of the molecule is C#Cc1cccc2cncc(-c3ncc4c(N5C[C@H]6CC[C@@H](C5)N6C(=O)OC(C)(C)C)nc(OC[C@]56CCCN5C[C@@H](F)C6)nc4c3F)c12. The van der Waals surface area contributed by atoms with E-state index < -0.39 is 23.1 Å². The van der Waals surface area contributed by atoms with Gasteiger partial charge in [0.15, 0.2) is 5.82 Å². The number of hydrogen-bond acceptors (Lipinski definition) is 9. The second-order valence-corrected chi connectivity index (χ2v) is 14.8. The third-order valence-electron chi connectivity index (χ3n) is 10.5. The van der Waals surface area contributed by atoms with Gasteiger partial charge in [0.25, 0.3) is 0 Å². The average molecular weight is 668 g/mol. The first kappa shape index (κ1) is 31.6. The summed E-state index contributed by atoms with van der Waals surface area (Å²) in [5.74, 6) is 2.54. The van der Waals surface area contributed by atoms with Crippen molar-refractivity contribution in [3.63, 3.8) is 0 Å². The van der Waals surface area contributed by atoms with Gasteiger partial charge in [-0.1, -0.05) is 18.1 Å². The molecule has 4 aromatic rings. The maximum Gasteiger partial charge on any atom is 0.410 e. The quantitative estimate of drug-likeness (QED) is 0.241. The van der Waals surface area contributed by atoms with Crippen LogP contribution in [0, 0.1) is 18.2 Å². The summed E-state index contributed by atoms with van der Waals surface area (Å²) in [4.78, 5) is 37.7. The number of piperazine rings is 1. The molecule has 0 saturated carbocycles. The standard InChI is InChI=1S/C37H39F2N7O3/c1-5-22-8-6-9-23-15-40-16-27(29(22)23)31-30(39)32-28(17-41-31)33(43-34(42-32)48-21-37-12-7-13-45(37)18-24(38)14-37)44-19-25-10-11-26(20-44)46(25)35(47)49-36(2,3)4/h1,6,8-9,15-17,24-26H,7,10-14,18-21H2,2-4H3/t24-,25-,26+,37+/m0/s1. The van der Waals surface area contributed by atoms with Gasteiger partial charge >= 0.3 is 12.1 Å². The topological polar surface area (TPSA) is 96.8 Å². The van der Waals surface area contributed by atoms with Crippen LogP contribution in [0.15, 0.2) is 36.8 Å². The van der Waals surface area contributed by atoms with Gasteiger partial charge in [0.1, 0.15) is 35.4 Å². The summed E-state index contributed by atoms with van der Waals surface area (Å²) in [6.45, 7) is 7.95. The van der Waals surface area contributed by atoms with Crippen LogP contribution in [0.5, 0.6) is 6.01 Å². The van der Waals surface area contributed by atoms with E-state index in [1.807, 2.05) is 37.8 Å². The molecule has 7 heterocycles. The Morgan fingerprint density at radius 2 is 1.92 bits per heavy atom. The highest BCUT2D eigenvalue weighted by Crippen LogP contribution is 2.42. The summed E-state index contributed by atoms with van der Waals surface area (Å²) >= 11 is 0. The largest absolute Gasteiger partial charge is 0.461 e. The zero-order valence-corrected chi connectivity index (χ0v) is 28.0. The minimum atomic E-state index is -0.915. The van der Waals surface area contributed by atoms with E-state index in [1.165, 1.54) is 0 Å². The van der Waals surface area contributed by atoms with Crippen LogP contribution in [0.4, 0.5) is 19.4 Å². The number of benzene rings is 1. The van der Waals surface area contributed by atoms with Crippen LogP contribution in [0.1, 0.15) is 58.4 Å². The number of aromatic nitrogens is 4. The molecule has 10 nitrogen and oxygen atoms in total. The van der Waals surface area contributed by atoms with E-state index in [9.17, 15) is 9.18 Å². The van der Waals surface area contributed by atoms with Gasteiger partial charge in [-0.25, -0.2) is 13.6 Å². The summed E-state index contributed by atoms with van der Waals surface area (Å²) in [6.07, 6.45) is 13.2. The van der Waals surface area contributed by atoms with Gasteiger partial charge in [0.05, 0.1) is 23.0 Å². The van der Waals surface area contributed by atoms with E-state index in [-0.39, 0.29) is 42.0 Å². The number of terminal acetylenes is 1. The van der Waals surface area contributed by atoms with Gasteiger partial charge in [-0.2, -0.15) is 9.97 Å². The molecule has 3 aromatic heterocycles. The number of anilines is 1. The Morgan fingerprint density at radius 3 is 2.67 bits per heavy atom. The van der Waals surface area contributed by atoms with E-state index in [2.05, 4.69) is 30.7 Å². The van der Waals surface area contributed by atoms with Gasteiger partial charge in [-0.15, -0.1) is 6.42 Å². The maximum absolute atomic E-state index is 16.9. The molecule has 49 heavy (non-hydrogen) atoms. The molecule has 0 N–H and O–H groups in total. The molecule has 4 aliphatic rings. The molecule has 4 fully saturated rings. The van der Waals surface area contributed by atoms with Crippen molar-refractivity contribution in [2.75, 3.05) is 37.7 Å². The van der Waals surface area contributed by atoms with Gasteiger partial charge in [-0.05, 0) is 59.1 Å². The highest BCUT2D eigenvalue weighted by Gasteiger charge is 2.50. The number of amides is 1. The summed E-state index contributed by atoms with van der Waals surface area (Å²) in [5, 5.41) is 1.87. The summed E-state index contributed by atoms with van der Waals surface area (Å²) in [5.41, 5.74) is 0.133. The molecule has 4 atom stereocenters. The Bertz CT molecular complexity index is 1990. The van der Waals surface area contributed by atoms with Crippen LogP contribution < -0.4 is 9.64 Å². The number of pyridine rings is 2. The zero-order valence-electron chi connectivity index (χ0n) is 28.0. The first-order valence-electron chi connectivity index (χ1n) is 17.0. The number of fused-ring (bicyclic) bond motifs is 5. The first-order valence-corrected chi connectivity index (χ1v) is 17.0. The molecule has 0 radical (unpaired) electrons. The molecule has 8 rings (SSSR count). The summed E-state index contributed by atoms with van der Waals surface area (Å²) in [6, 6.07) is 5.33. The lowest BCUT2D eigenvalue weighted by Crippen LogP contribution is -2.57. The maximum atomic E-state index is 16.9. The minimum absolute atomic E-state index is 0.0179. The number of carbonyl (C=O) groups is 1.